The molecule has 0 aliphatic carbocycles. The number of fused-ring (bicyclic) bond motifs is 1. The zero-order valence-corrected chi connectivity index (χ0v) is 10.7. The predicted octanol–water partition coefficient (Wildman–Crippen LogP) is 2.79. The first-order valence-corrected chi connectivity index (χ1v) is 6.72. The Morgan fingerprint density at radius 3 is 2.68 bits per heavy atom. The monoisotopic (exact) mass is 273 g/mol. The van der Waals surface area contributed by atoms with Gasteiger partial charge in [-0.15, -0.1) is 0 Å². The molecular formula is C14H11NO3S. The number of benzene rings is 2. The number of rotatable bonds is 2. The van der Waals surface area contributed by atoms with Crippen LogP contribution >= 0.6 is 11.8 Å². The van der Waals surface area contributed by atoms with Crippen molar-refractivity contribution in [3.63, 3.8) is 0 Å². The second kappa shape index (κ2) is 4.59. The topological polar surface area (TPSA) is 66.4 Å². The van der Waals surface area contributed by atoms with E-state index in [1.165, 1.54) is 0 Å². The van der Waals surface area contributed by atoms with Crippen molar-refractivity contribution in [2.24, 2.45) is 0 Å². The van der Waals surface area contributed by atoms with Crippen molar-refractivity contribution < 1.29 is 14.7 Å². The molecule has 1 aliphatic rings. The van der Waals surface area contributed by atoms with Gasteiger partial charge in [-0.2, -0.15) is 0 Å². The van der Waals surface area contributed by atoms with Gasteiger partial charge in [-0.3, -0.25) is 4.79 Å². The van der Waals surface area contributed by atoms with Crippen LogP contribution in [-0.4, -0.2) is 22.4 Å². The third kappa shape index (κ3) is 2.06. The van der Waals surface area contributed by atoms with Crippen LogP contribution in [0.25, 0.3) is 10.8 Å². The minimum Gasteiger partial charge on any atom is -0.480 e. The number of hydrogen-bond donors (Lipinski definition) is 2. The fourth-order valence-electron chi connectivity index (χ4n) is 2.35. The maximum Gasteiger partial charge on any atom is 0.327 e. The third-order valence-corrected chi connectivity index (χ3v) is 4.32. The molecule has 0 aromatic heterocycles. The lowest BCUT2D eigenvalue weighted by Gasteiger charge is -2.16. The molecule has 1 saturated heterocycles. The van der Waals surface area contributed by atoms with Gasteiger partial charge in [0.1, 0.15) is 6.04 Å². The van der Waals surface area contributed by atoms with Crippen LogP contribution in [-0.2, 0) is 4.79 Å². The molecule has 3 rings (SSSR count). The Morgan fingerprint density at radius 1 is 1.16 bits per heavy atom. The van der Waals surface area contributed by atoms with E-state index in [1.54, 1.807) is 0 Å². The Hall–Kier alpha value is -2.01. The average Bonchev–Trinajstić information content (AvgIpc) is 2.80. The van der Waals surface area contributed by atoms with Crippen molar-refractivity contribution in [3.05, 3.63) is 48.0 Å². The summed E-state index contributed by atoms with van der Waals surface area (Å²) in [5, 5.41) is 13.1. The summed E-state index contributed by atoms with van der Waals surface area (Å²) in [6, 6.07) is 12.7. The summed E-state index contributed by atoms with van der Waals surface area (Å²) in [5.74, 6) is -1.00. The number of hydrogen-bond acceptors (Lipinski definition) is 3. The number of thioether (sulfide) groups is 1. The predicted molar refractivity (Wildman–Crippen MR) is 74.2 cm³/mol. The number of amides is 1. The van der Waals surface area contributed by atoms with E-state index in [-0.39, 0.29) is 5.24 Å². The Morgan fingerprint density at radius 2 is 1.89 bits per heavy atom. The standard InChI is InChI=1S/C14H11NO3S/c16-13(17)11-12(19-14(18)15-11)10-7-3-5-8-4-1-2-6-9(8)10/h1-7,11-12H,(H,15,18)(H,16,17). The largest absolute Gasteiger partial charge is 0.480 e. The molecule has 0 spiro atoms. The number of carbonyl (C=O) groups is 2. The molecule has 0 radical (unpaired) electrons. The van der Waals surface area contributed by atoms with Crippen molar-refractivity contribution in [1.82, 2.24) is 5.32 Å². The Bertz CT molecular complexity index is 665. The van der Waals surface area contributed by atoms with E-state index in [2.05, 4.69) is 5.32 Å². The summed E-state index contributed by atoms with van der Waals surface area (Å²) in [5.41, 5.74) is 0.883. The molecule has 96 valence electrons. The quantitative estimate of drug-likeness (QED) is 0.883. The molecule has 1 amide bonds. The van der Waals surface area contributed by atoms with Crippen LogP contribution in [0.4, 0.5) is 4.79 Å². The van der Waals surface area contributed by atoms with Crippen LogP contribution < -0.4 is 5.32 Å². The minimum atomic E-state index is -1.00. The molecule has 1 heterocycles. The lowest BCUT2D eigenvalue weighted by Crippen LogP contribution is -2.35. The van der Waals surface area contributed by atoms with Crippen LogP contribution in [0.1, 0.15) is 10.8 Å². The number of aliphatic carboxylic acids is 1. The van der Waals surface area contributed by atoms with Gasteiger partial charge in [0.15, 0.2) is 0 Å². The third-order valence-electron chi connectivity index (χ3n) is 3.21. The average molecular weight is 273 g/mol. The van der Waals surface area contributed by atoms with Crippen LogP contribution in [0.2, 0.25) is 0 Å². The summed E-state index contributed by atoms with van der Waals surface area (Å²) in [7, 11) is 0. The molecule has 1 fully saturated rings. The van der Waals surface area contributed by atoms with Crippen LogP contribution in [0.3, 0.4) is 0 Å². The van der Waals surface area contributed by atoms with Crippen molar-refractivity contribution in [2.75, 3.05) is 0 Å². The highest BCUT2D eigenvalue weighted by Crippen LogP contribution is 2.40. The van der Waals surface area contributed by atoms with Crippen molar-refractivity contribution in [2.45, 2.75) is 11.3 Å². The van der Waals surface area contributed by atoms with Gasteiger partial charge in [-0.1, -0.05) is 54.2 Å². The van der Waals surface area contributed by atoms with Gasteiger partial charge in [-0.05, 0) is 16.3 Å². The van der Waals surface area contributed by atoms with Gasteiger partial charge in [0.05, 0.1) is 5.25 Å². The number of nitrogens with one attached hydrogen (secondary N) is 1. The van der Waals surface area contributed by atoms with E-state index in [9.17, 15) is 14.7 Å². The highest BCUT2D eigenvalue weighted by atomic mass is 32.2. The lowest BCUT2D eigenvalue weighted by atomic mass is 9.98. The highest BCUT2D eigenvalue weighted by Gasteiger charge is 2.39. The second-order valence-electron chi connectivity index (χ2n) is 4.35. The molecule has 0 bridgehead atoms. The van der Waals surface area contributed by atoms with Crippen LogP contribution in [0.15, 0.2) is 42.5 Å². The van der Waals surface area contributed by atoms with Gasteiger partial charge >= 0.3 is 5.97 Å². The van der Waals surface area contributed by atoms with E-state index >= 15 is 0 Å². The van der Waals surface area contributed by atoms with Crippen molar-refractivity contribution >= 4 is 33.7 Å². The summed E-state index contributed by atoms with van der Waals surface area (Å²) >= 11 is 1.04. The highest BCUT2D eigenvalue weighted by molar-refractivity contribution is 8.14. The van der Waals surface area contributed by atoms with E-state index in [4.69, 9.17) is 0 Å². The first-order chi connectivity index (χ1) is 9.16. The minimum absolute atomic E-state index is 0.287. The fourth-order valence-corrected chi connectivity index (χ4v) is 3.43. The van der Waals surface area contributed by atoms with Crippen molar-refractivity contribution in [1.29, 1.82) is 0 Å². The zero-order valence-electron chi connectivity index (χ0n) is 9.87. The zero-order chi connectivity index (χ0) is 13.4. The van der Waals surface area contributed by atoms with E-state index in [1.807, 2.05) is 42.5 Å². The molecule has 5 heteroatoms. The smallest absolute Gasteiger partial charge is 0.327 e. The maximum absolute atomic E-state index is 11.5. The molecule has 4 nitrogen and oxygen atoms in total. The summed E-state index contributed by atoms with van der Waals surface area (Å²) in [6.07, 6.45) is 0. The fraction of sp³-hybridized carbons (Fsp3) is 0.143. The van der Waals surface area contributed by atoms with Crippen LogP contribution in [0, 0.1) is 0 Å². The molecule has 0 saturated carbocycles. The van der Waals surface area contributed by atoms with E-state index in [0.717, 1.165) is 28.1 Å². The molecule has 2 aromatic carbocycles. The Kier molecular flexibility index (Phi) is 2.91. The molecule has 2 atom stereocenters. The summed E-state index contributed by atoms with van der Waals surface area (Å²) in [4.78, 5) is 22.7. The SMILES string of the molecule is O=C1NC(C(=O)O)C(c2cccc3ccccc23)S1. The van der Waals surface area contributed by atoms with Gasteiger partial charge in [0.2, 0.25) is 0 Å². The normalized spacial score (nSPS) is 22.4. The number of carboxylic acids is 1. The van der Waals surface area contributed by atoms with E-state index < -0.39 is 17.3 Å². The van der Waals surface area contributed by atoms with Crippen LogP contribution in [0.5, 0.6) is 0 Å². The van der Waals surface area contributed by atoms with Gasteiger partial charge in [0, 0.05) is 0 Å². The lowest BCUT2D eigenvalue weighted by molar-refractivity contribution is -0.139. The second-order valence-corrected chi connectivity index (χ2v) is 5.47. The summed E-state index contributed by atoms with van der Waals surface area (Å²) < 4.78 is 0. The molecule has 2 unspecified atom stereocenters. The molecular weight excluding hydrogens is 262 g/mol. The Labute approximate surface area is 113 Å². The maximum atomic E-state index is 11.5. The summed E-state index contributed by atoms with van der Waals surface area (Å²) in [6.45, 7) is 0. The Balaban J connectivity index is 2.13. The number of carboxylic acid groups (broad SMARTS) is 1. The van der Waals surface area contributed by atoms with Crippen molar-refractivity contribution in [3.8, 4) is 0 Å². The van der Waals surface area contributed by atoms with E-state index in [0.29, 0.717) is 0 Å². The molecule has 1 aliphatic heterocycles. The molecule has 19 heavy (non-hydrogen) atoms. The molecule has 2 aromatic rings. The first-order valence-electron chi connectivity index (χ1n) is 5.84. The first kappa shape index (κ1) is 12.0. The number of carbonyl (C=O) groups excluding carboxylic acids is 1. The van der Waals surface area contributed by atoms with Gasteiger partial charge < -0.3 is 10.4 Å². The van der Waals surface area contributed by atoms with Gasteiger partial charge in [0.25, 0.3) is 5.24 Å². The molecule has 2 N–H and O–H groups in total. The van der Waals surface area contributed by atoms with Gasteiger partial charge in [-0.25, -0.2) is 4.79 Å².